The van der Waals surface area contributed by atoms with Crippen molar-refractivity contribution in [1.29, 1.82) is 0 Å². The van der Waals surface area contributed by atoms with Gasteiger partial charge in [0.2, 0.25) is 0 Å². The van der Waals surface area contributed by atoms with E-state index in [0.29, 0.717) is 18.1 Å². The number of aliphatic hydroxyl groups excluding tert-OH is 1. The summed E-state index contributed by atoms with van der Waals surface area (Å²) in [7, 11) is 0. The van der Waals surface area contributed by atoms with Crippen LogP contribution in [-0.4, -0.2) is 30.0 Å². The van der Waals surface area contributed by atoms with E-state index in [1.54, 1.807) is 18.2 Å². The number of benzene rings is 1. The van der Waals surface area contributed by atoms with Crippen LogP contribution in [0.1, 0.15) is 29.3 Å². The Balaban J connectivity index is 2.91. The molecular weight excluding hydrogens is 264 g/mol. The predicted octanol–water partition coefficient (Wildman–Crippen LogP) is 2.99. The summed E-state index contributed by atoms with van der Waals surface area (Å²) in [6.45, 7) is 5.73. The van der Waals surface area contributed by atoms with Crippen LogP contribution in [-0.2, 0) is 6.42 Å². The van der Waals surface area contributed by atoms with Crippen LogP contribution in [0.25, 0.3) is 0 Å². The lowest BCUT2D eigenvalue weighted by Gasteiger charge is -2.12. The van der Waals surface area contributed by atoms with Crippen LogP contribution in [0.2, 0.25) is 0 Å². The van der Waals surface area contributed by atoms with Gasteiger partial charge in [0.05, 0.1) is 0 Å². The van der Waals surface area contributed by atoms with Crippen molar-refractivity contribution in [2.75, 3.05) is 19.1 Å². The molecule has 1 aromatic carbocycles. The molecule has 0 unspecified atom stereocenters. The Hall–Kier alpha value is -1.32. The number of hydrogen-bond acceptors (Lipinski definition) is 3. The molecule has 0 fully saturated rings. The van der Waals surface area contributed by atoms with Gasteiger partial charge in [-0.3, -0.25) is 4.79 Å². The zero-order chi connectivity index (χ0) is 14.3. The molecule has 1 rings (SSSR count). The molecule has 0 aliphatic rings. The van der Waals surface area contributed by atoms with Gasteiger partial charge in [0.1, 0.15) is 19.0 Å². The van der Waals surface area contributed by atoms with Crippen molar-refractivity contribution in [1.82, 2.24) is 0 Å². The van der Waals surface area contributed by atoms with E-state index in [-0.39, 0.29) is 5.78 Å². The summed E-state index contributed by atoms with van der Waals surface area (Å²) in [6, 6.07) is 5.20. The third-order valence-electron chi connectivity index (χ3n) is 2.67. The topological polar surface area (TPSA) is 46.5 Å². The van der Waals surface area contributed by atoms with Crippen molar-refractivity contribution in [3.05, 3.63) is 41.5 Å². The molecule has 0 saturated heterocycles. The fourth-order valence-corrected chi connectivity index (χ4v) is 1.75. The van der Waals surface area contributed by atoms with E-state index in [0.717, 1.165) is 29.7 Å². The molecule has 0 aliphatic carbocycles. The van der Waals surface area contributed by atoms with Gasteiger partial charge in [-0.1, -0.05) is 19.9 Å². The number of rotatable bonds is 8. The Morgan fingerprint density at radius 1 is 1.47 bits per heavy atom. The van der Waals surface area contributed by atoms with E-state index >= 15 is 0 Å². The number of halogens is 1. The van der Waals surface area contributed by atoms with Gasteiger partial charge in [-0.05, 0) is 35.8 Å². The van der Waals surface area contributed by atoms with Gasteiger partial charge >= 0.3 is 0 Å². The smallest absolute Gasteiger partial charge is 0.188 e. The maximum atomic E-state index is 11.5. The molecule has 1 N–H and O–H groups in total. The molecule has 3 nitrogen and oxygen atoms in total. The molecule has 1 aromatic rings. The summed E-state index contributed by atoms with van der Waals surface area (Å²) in [4.78, 5) is 11.5. The van der Waals surface area contributed by atoms with Gasteiger partial charge in [-0.25, -0.2) is 0 Å². The number of ether oxygens (including phenoxy) is 1. The molecule has 0 radical (unpaired) electrons. The number of Topliss-reactive ketones (excluding diaryl/α,β-unsaturated/α-hetero) is 1. The molecule has 0 spiro atoms. The summed E-state index contributed by atoms with van der Waals surface area (Å²) < 4.78 is 5.65. The monoisotopic (exact) mass is 282 g/mol. The molecule has 104 valence electrons. The van der Waals surface area contributed by atoms with Crippen molar-refractivity contribution in [2.24, 2.45) is 0 Å². The van der Waals surface area contributed by atoms with Crippen LogP contribution in [0.4, 0.5) is 0 Å². The number of alkyl halides is 1. The van der Waals surface area contributed by atoms with E-state index in [1.807, 2.05) is 0 Å². The second kappa shape index (κ2) is 7.97. The number of hydrogen-bond donors (Lipinski definition) is 1. The SMILES string of the molecule is C=C(CCl)COc1ccc(C(=O)CO)cc1CCC. The van der Waals surface area contributed by atoms with E-state index in [2.05, 4.69) is 13.5 Å². The third kappa shape index (κ3) is 4.69. The lowest BCUT2D eigenvalue weighted by atomic mass is 10.0. The van der Waals surface area contributed by atoms with Crippen molar-refractivity contribution in [3.8, 4) is 5.75 Å². The maximum absolute atomic E-state index is 11.5. The van der Waals surface area contributed by atoms with Gasteiger partial charge in [-0.2, -0.15) is 0 Å². The number of carbonyl (C=O) groups excluding carboxylic acids is 1. The van der Waals surface area contributed by atoms with E-state index in [1.165, 1.54) is 0 Å². The fraction of sp³-hybridized carbons (Fsp3) is 0.400. The summed E-state index contributed by atoms with van der Waals surface area (Å²) >= 11 is 5.65. The normalized spacial score (nSPS) is 10.3. The average molecular weight is 283 g/mol. The van der Waals surface area contributed by atoms with Gasteiger partial charge in [0.25, 0.3) is 0 Å². The first kappa shape index (κ1) is 15.7. The summed E-state index contributed by atoms with van der Waals surface area (Å²) in [6.07, 6.45) is 1.76. The number of carbonyl (C=O) groups is 1. The predicted molar refractivity (Wildman–Crippen MR) is 77.2 cm³/mol. The third-order valence-corrected chi connectivity index (χ3v) is 3.04. The fourth-order valence-electron chi connectivity index (χ4n) is 1.67. The molecule has 0 aliphatic heterocycles. The van der Waals surface area contributed by atoms with E-state index in [4.69, 9.17) is 21.4 Å². The second-order valence-electron chi connectivity index (χ2n) is 4.33. The van der Waals surface area contributed by atoms with Crippen LogP contribution >= 0.6 is 11.6 Å². The minimum absolute atomic E-state index is 0.283. The Morgan fingerprint density at radius 3 is 2.79 bits per heavy atom. The minimum atomic E-state index is -0.477. The first-order valence-electron chi connectivity index (χ1n) is 6.24. The quantitative estimate of drug-likeness (QED) is 0.453. The van der Waals surface area contributed by atoms with Gasteiger partial charge in [-0.15, -0.1) is 11.6 Å². The molecule has 0 atom stereocenters. The zero-order valence-corrected chi connectivity index (χ0v) is 11.9. The van der Waals surface area contributed by atoms with Crippen molar-refractivity contribution in [3.63, 3.8) is 0 Å². The van der Waals surface area contributed by atoms with Gasteiger partial charge in [0.15, 0.2) is 5.78 Å². The van der Waals surface area contributed by atoms with Crippen molar-refractivity contribution >= 4 is 17.4 Å². The Labute approximate surface area is 118 Å². The van der Waals surface area contributed by atoms with Gasteiger partial charge in [0, 0.05) is 11.4 Å². The molecule has 0 aromatic heterocycles. The summed E-state index contributed by atoms with van der Waals surface area (Å²) in [5.74, 6) is 0.821. The molecule has 19 heavy (non-hydrogen) atoms. The molecule has 4 heteroatoms. The highest BCUT2D eigenvalue weighted by molar-refractivity contribution is 6.19. The Bertz CT molecular complexity index is 455. The van der Waals surface area contributed by atoms with Gasteiger partial charge < -0.3 is 9.84 Å². The molecule has 0 saturated carbocycles. The number of aliphatic hydroxyl groups is 1. The molecule has 0 heterocycles. The first-order chi connectivity index (χ1) is 9.12. The zero-order valence-electron chi connectivity index (χ0n) is 11.1. The Morgan fingerprint density at radius 2 is 2.21 bits per heavy atom. The lowest BCUT2D eigenvalue weighted by Crippen LogP contribution is -2.07. The largest absolute Gasteiger partial charge is 0.489 e. The summed E-state index contributed by atoms with van der Waals surface area (Å²) in [5, 5.41) is 8.88. The molecule has 0 bridgehead atoms. The highest BCUT2D eigenvalue weighted by atomic mass is 35.5. The summed E-state index contributed by atoms with van der Waals surface area (Å²) in [5.41, 5.74) is 2.28. The number of aryl methyl sites for hydroxylation is 1. The minimum Gasteiger partial charge on any atom is -0.489 e. The van der Waals surface area contributed by atoms with Crippen LogP contribution in [0.15, 0.2) is 30.4 Å². The van der Waals surface area contributed by atoms with E-state index < -0.39 is 6.61 Å². The highest BCUT2D eigenvalue weighted by Crippen LogP contribution is 2.22. The molecule has 0 amide bonds. The first-order valence-corrected chi connectivity index (χ1v) is 6.78. The second-order valence-corrected chi connectivity index (χ2v) is 4.59. The Kier molecular flexibility index (Phi) is 6.60. The number of ketones is 1. The van der Waals surface area contributed by atoms with Crippen molar-refractivity contribution < 1.29 is 14.6 Å². The standard InChI is InChI=1S/C15H19ClO3/c1-3-4-13-7-12(14(18)9-17)5-6-15(13)19-10-11(2)8-16/h5-7,17H,2-4,8-10H2,1H3. The van der Waals surface area contributed by atoms with E-state index in [9.17, 15) is 4.79 Å². The average Bonchev–Trinajstić information content (AvgIpc) is 2.44. The maximum Gasteiger partial charge on any atom is 0.188 e. The van der Waals surface area contributed by atoms with Crippen LogP contribution in [0.5, 0.6) is 5.75 Å². The molecular formula is C15H19ClO3. The van der Waals surface area contributed by atoms with Crippen LogP contribution < -0.4 is 4.74 Å². The highest BCUT2D eigenvalue weighted by Gasteiger charge is 2.09. The van der Waals surface area contributed by atoms with Crippen LogP contribution in [0, 0.1) is 0 Å². The van der Waals surface area contributed by atoms with Crippen LogP contribution in [0.3, 0.4) is 0 Å². The lowest BCUT2D eigenvalue weighted by molar-refractivity contribution is 0.0903. The van der Waals surface area contributed by atoms with Crippen molar-refractivity contribution in [2.45, 2.75) is 19.8 Å².